The molecule has 0 radical (unpaired) electrons. The van der Waals surface area contributed by atoms with Gasteiger partial charge in [0.1, 0.15) is 11.4 Å². The largest absolute Gasteiger partial charge is 0.444 e. The smallest absolute Gasteiger partial charge is 0.412 e. The number of carbonyl (C=O) groups excluding carboxylic acids is 1. The third kappa shape index (κ3) is 6.90. The minimum Gasteiger partial charge on any atom is -0.444 e. The van der Waals surface area contributed by atoms with Crippen molar-refractivity contribution >= 4 is 17.9 Å². The SMILES string of the molecule is CNCCC=Cc1ccc(NC(=O)OC(C)(C)C)c(F)c1. The number of rotatable bonds is 5. The first kappa shape index (κ1) is 17.2. The number of amides is 1. The van der Waals surface area contributed by atoms with Gasteiger partial charge in [-0.2, -0.15) is 0 Å². The number of hydrogen-bond acceptors (Lipinski definition) is 3. The number of carbonyl (C=O) groups is 1. The fourth-order valence-corrected chi connectivity index (χ4v) is 1.60. The van der Waals surface area contributed by atoms with E-state index in [-0.39, 0.29) is 5.69 Å². The first-order valence-corrected chi connectivity index (χ1v) is 6.92. The van der Waals surface area contributed by atoms with Gasteiger partial charge in [-0.1, -0.05) is 18.2 Å². The normalized spacial score (nSPS) is 11.7. The maximum Gasteiger partial charge on any atom is 0.412 e. The zero-order valence-electron chi connectivity index (χ0n) is 13.0. The van der Waals surface area contributed by atoms with Crippen LogP contribution in [0.1, 0.15) is 32.8 Å². The monoisotopic (exact) mass is 294 g/mol. The van der Waals surface area contributed by atoms with Crippen LogP contribution in [0.5, 0.6) is 0 Å². The van der Waals surface area contributed by atoms with Crippen LogP contribution in [0.25, 0.3) is 6.08 Å². The summed E-state index contributed by atoms with van der Waals surface area (Å²) in [6, 6.07) is 4.64. The Balaban J connectivity index is 2.66. The number of nitrogens with one attached hydrogen (secondary N) is 2. The second-order valence-corrected chi connectivity index (χ2v) is 5.66. The molecule has 1 aromatic rings. The molecule has 0 bridgehead atoms. The quantitative estimate of drug-likeness (QED) is 0.812. The summed E-state index contributed by atoms with van der Waals surface area (Å²) in [5.41, 5.74) is 0.242. The number of anilines is 1. The van der Waals surface area contributed by atoms with E-state index >= 15 is 0 Å². The second-order valence-electron chi connectivity index (χ2n) is 5.66. The summed E-state index contributed by atoms with van der Waals surface area (Å²) in [6.07, 6.45) is 4.01. The Morgan fingerprint density at radius 1 is 1.38 bits per heavy atom. The molecular formula is C16H23FN2O2. The molecular weight excluding hydrogens is 271 g/mol. The highest BCUT2D eigenvalue weighted by molar-refractivity contribution is 5.85. The molecule has 116 valence electrons. The van der Waals surface area contributed by atoms with Gasteiger partial charge in [-0.15, -0.1) is 0 Å². The van der Waals surface area contributed by atoms with E-state index in [4.69, 9.17) is 4.74 Å². The van der Waals surface area contributed by atoms with Gasteiger partial charge in [0.2, 0.25) is 0 Å². The standard InChI is InChI=1S/C16H23FN2O2/c1-16(2,3)21-15(20)19-14-9-8-12(11-13(14)17)7-5-6-10-18-4/h5,7-9,11,18H,6,10H2,1-4H3,(H,19,20). The lowest BCUT2D eigenvalue weighted by atomic mass is 10.1. The van der Waals surface area contributed by atoms with Gasteiger partial charge in [0.25, 0.3) is 0 Å². The first-order chi connectivity index (χ1) is 9.81. The zero-order chi connectivity index (χ0) is 15.9. The highest BCUT2D eigenvalue weighted by Crippen LogP contribution is 2.18. The summed E-state index contributed by atoms with van der Waals surface area (Å²) < 4.78 is 19.0. The maximum atomic E-state index is 13.9. The molecule has 4 nitrogen and oxygen atoms in total. The average Bonchev–Trinajstić information content (AvgIpc) is 2.35. The van der Waals surface area contributed by atoms with E-state index in [9.17, 15) is 9.18 Å². The van der Waals surface area contributed by atoms with E-state index in [1.807, 2.05) is 19.2 Å². The summed E-state index contributed by atoms with van der Waals surface area (Å²) >= 11 is 0. The summed E-state index contributed by atoms with van der Waals surface area (Å²) in [4.78, 5) is 11.6. The second kappa shape index (κ2) is 7.78. The molecule has 21 heavy (non-hydrogen) atoms. The lowest BCUT2D eigenvalue weighted by Crippen LogP contribution is -2.27. The molecule has 5 heteroatoms. The minimum absolute atomic E-state index is 0.108. The Bertz CT molecular complexity index is 507. The highest BCUT2D eigenvalue weighted by atomic mass is 19.1. The maximum absolute atomic E-state index is 13.9. The Labute approximate surface area is 125 Å². The topological polar surface area (TPSA) is 50.4 Å². The molecule has 1 rings (SSSR count). The Morgan fingerprint density at radius 3 is 2.67 bits per heavy atom. The van der Waals surface area contributed by atoms with E-state index in [1.165, 1.54) is 12.1 Å². The van der Waals surface area contributed by atoms with Crippen molar-refractivity contribution in [2.45, 2.75) is 32.8 Å². The van der Waals surface area contributed by atoms with Gasteiger partial charge in [-0.05, 0) is 58.5 Å². The van der Waals surface area contributed by atoms with Crippen molar-refractivity contribution in [1.29, 1.82) is 0 Å². The number of benzene rings is 1. The summed E-state index contributed by atoms with van der Waals surface area (Å²) in [7, 11) is 1.88. The lowest BCUT2D eigenvalue weighted by Gasteiger charge is -2.19. The van der Waals surface area contributed by atoms with E-state index < -0.39 is 17.5 Å². The zero-order valence-corrected chi connectivity index (χ0v) is 13.0. The van der Waals surface area contributed by atoms with Gasteiger partial charge in [0.15, 0.2) is 0 Å². The van der Waals surface area contributed by atoms with Crippen LogP contribution in [-0.4, -0.2) is 25.3 Å². The van der Waals surface area contributed by atoms with Gasteiger partial charge in [0, 0.05) is 0 Å². The predicted molar refractivity (Wildman–Crippen MR) is 83.8 cm³/mol. The molecule has 0 aliphatic heterocycles. The fraction of sp³-hybridized carbons (Fsp3) is 0.438. The molecule has 0 spiro atoms. The third-order valence-electron chi connectivity index (χ3n) is 2.50. The van der Waals surface area contributed by atoms with Gasteiger partial charge in [0.05, 0.1) is 5.69 Å². The van der Waals surface area contributed by atoms with Gasteiger partial charge in [-0.3, -0.25) is 5.32 Å². The molecule has 0 atom stereocenters. The molecule has 0 aliphatic carbocycles. The van der Waals surface area contributed by atoms with Crippen LogP contribution in [0.15, 0.2) is 24.3 Å². The lowest BCUT2D eigenvalue weighted by molar-refractivity contribution is 0.0635. The van der Waals surface area contributed by atoms with Crippen LogP contribution in [-0.2, 0) is 4.74 Å². The van der Waals surface area contributed by atoms with Crippen molar-refractivity contribution < 1.29 is 13.9 Å². The van der Waals surface area contributed by atoms with Gasteiger partial charge in [-0.25, -0.2) is 9.18 Å². The van der Waals surface area contributed by atoms with Crippen LogP contribution in [0.3, 0.4) is 0 Å². The summed E-state index contributed by atoms with van der Waals surface area (Å²) in [6.45, 7) is 6.13. The van der Waals surface area contributed by atoms with Crippen LogP contribution >= 0.6 is 0 Å². The van der Waals surface area contributed by atoms with Crippen LogP contribution < -0.4 is 10.6 Å². The molecule has 0 saturated carbocycles. The minimum atomic E-state index is -0.668. The average molecular weight is 294 g/mol. The number of hydrogen-bond donors (Lipinski definition) is 2. The molecule has 0 heterocycles. The Hall–Kier alpha value is -1.88. The molecule has 1 aromatic carbocycles. The molecule has 0 aromatic heterocycles. The predicted octanol–water partition coefficient (Wildman–Crippen LogP) is 3.80. The molecule has 1 amide bonds. The van der Waals surface area contributed by atoms with E-state index in [0.29, 0.717) is 0 Å². The number of halogens is 1. The van der Waals surface area contributed by atoms with E-state index in [2.05, 4.69) is 10.6 Å². The summed E-state index contributed by atoms with van der Waals surface area (Å²) in [5, 5.41) is 5.43. The van der Waals surface area contributed by atoms with Crippen molar-refractivity contribution in [3.8, 4) is 0 Å². The summed E-state index contributed by atoms with van der Waals surface area (Å²) in [5.74, 6) is -0.489. The van der Waals surface area contributed by atoms with Crippen LogP contribution in [0.4, 0.5) is 14.9 Å². The molecule has 0 unspecified atom stereocenters. The third-order valence-corrected chi connectivity index (χ3v) is 2.50. The Morgan fingerprint density at radius 2 is 2.10 bits per heavy atom. The van der Waals surface area contributed by atoms with Crippen molar-refractivity contribution in [2.24, 2.45) is 0 Å². The van der Waals surface area contributed by atoms with Gasteiger partial charge < -0.3 is 10.1 Å². The van der Waals surface area contributed by atoms with Crippen molar-refractivity contribution in [3.63, 3.8) is 0 Å². The first-order valence-electron chi connectivity index (χ1n) is 6.92. The molecule has 0 fully saturated rings. The van der Waals surface area contributed by atoms with Crippen molar-refractivity contribution in [2.75, 3.05) is 18.9 Å². The fourth-order valence-electron chi connectivity index (χ4n) is 1.60. The molecule has 0 aliphatic rings. The van der Waals surface area contributed by atoms with Crippen molar-refractivity contribution in [3.05, 3.63) is 35.7 Å². The van der Waals surface area contributed by atoms with Crippen molar-refractivity contribution in [1.82, 2.24) is 5.32 Å². The molecule has 2 N–H and O–H groups in total. The highest BCUT2D eigenvalue weighted by Gasteiger charge is 2.17. The van der Waals surface area contributed by atoms with Crippen LogP contribution in [0.2, 0.25) is 0 Å². The Kier molecular flexibility index (Phi) is 6.37. The molecule has 0 saturated heterocycles. The van der Waals surface area contributed by atoms with E-state index in [1.54, 1.807) is 26.8 Å². The van der Waals surface area contributed by atoms with Gasteiger partial charge >= 0.3 is 6.09 Å². The van der Waals surface area contributed by atoms with E-state index in [0.717, 1.165) is 18.5 Å². The number of ether oxygens (including phenoxy) is 1. The van der Waals surface area contributed by atoms with Crippen LogP contribution in [0, 0.1) is 5.82 Å².